The van der Waals surface area contributed by atoms with Gasteiger partial charge in [0.1, 0.15) is 5.01 Å². The van der Waals surface area contributed by atoms with Crippen molar-refractivity contribution in [1.82, 2.24) is 25.1 Å². The van der Waals surface area contributed by atoms with Gasteiger partial charge in [-0.1, -0.05) is 11.3 Å². The van der Waals surface area contributed by atoms with Gasteiger partial charge < -0.3 is 10.1 Å². The number of ether oxygens (including phenoxy) is 1. The second-order valence-corrected chi connectivity index (χ2v) is 4.10. The van der Waals surface area contributed by atoms with Gasteiger partial charge in [0.25, 0.3) is 5.82 Å². The van der Waals surface area contributed by atoms with Crippen LogP contribution >= 0.6 is 11.3 Å². The van der Waals surface area contributed by atoms with Gasteiger partial charge in [-0.15, -0.1) is 10.2 Å². The molecule has 11 heteroatoms. The van der Waals surface area contributed by atoms with Crippen molar-refractivity contribution >= 4 is 22.4 Å². The molecule has 0 fully saturated rings. The van der Waals surface area contributed by atoms with E-state index >= 15 is 0 Å². The van der Waals surface area contributed by atoms with Crippen molar-refractivity contribution in [3.63, 3.8) is 0 Å². The summed E-state index contributed by atoms with van der Waals surface area (Å²) in [6.45, 7) is -0.0437. The van der Waals surface area contributed by atoms with Crippen LogP contribution in [0.25, 0.3) is 4.96 Å². The van der Waals surface area contributed by atoms with E-state index in [-0.39, 0.29) is 16.5 Å². The van der Waals surface area contributed by atoms with E-state index in [1.165, 1.54) is 7.11 Å². The van der Waals surface area contributed by atoms with Crippen LogP contribution in [-0.4, -0.2) is 33.0 Å². The first-order valence-corrected chi connectivity index (χ1v) is 5.33. The van der Waals surface area contributed by atoms with Crippen LogP contribution in [0.3, 0.4) is 0 Å². The number of hydrogen-bond donors (Lipinski definition) is 1. The number of nitrogens with one attached hydrogen (secondary N) is 1. The van der Waals surface area contributed by atoms with Crippen molar-refractivity contribution < 1.29 is 22.7 Å². The van der Waals surface area contributed by atoms with Gasteiger partial charge in [-0.3, -0.25) is 0 Å². The minimum Gasteiger partial charge on any atom is -0.453 e. The summed E-state index contributed by atoms with van der Waals surface area (Å²) in [5, 5.41) is 12.6. The number of carbonyl (C=O) groups excluding carboxylic acids is 1. The summed E-state index contributed by atoms with van der Waals surface area (Å²) < 4.78 is 42.4. The first-order valence-electron chi connectivity index (χ1n) is 4.52. The van der Waals surface area contributed by atoms with Crippen molar-refractivity contribution in [3.8, 4) is 0 Å². The third-order valence-corrected chi connectivity index (χ3v) is 2.75. The van der Waals surface area contributed by atoms with Gasteiger partial charge in [-0.2, -0.15) is 22.8 Å². The van der Waals surface area contributed by atoms with Crippen LogP contribution in [0.15, 0.2) is 0 Å². The Bertz CT molecular complexity index is 577. The first-order chi connectivity index (χ1) is 8.41. The van der Waals surface area contributed by atoms with Crippen LogP contribution in [0, 0.1) is 0 Å². The number of hydrogen-bond acceptors (Lipinski definition) is 6. The van der Waals surface area contributed by atoms with E-state index in [1.54, 1.807) is 0 Å². The Balaban J connectivity index is 2.23. The lowest BCUT2D eigenvalue weighted by atomic mass is 10.6. The Kier molecular flexibility index (Phi) is 3.07. The largest absolute Gasteiger partial charge is 0.453 e. The smallest absolute Gasteiger partial charge is 0.453 e. The average Bonchev–Trinajstić information content (AvgIpc) is 2.82. The molecule has 98 valence electrons. The number of alkyl halides is 3. The number of methoxy groups -OCH3 is 1. The lowest BCUT2D eigenvalue weighted by Gasteiger charge is -2.01. The Morgan fingerprint density at radius 3 is 2.83 bits per heavy atom. The highest BCUT2D eigenvalue weighted by molar-refractivity contribution is 7.16. The molecule has 0 saturated heterocycles. The van der Waals surface area contributed by atoms with Crippen LogP contribution in [0.2, 0.25) is 0 Å². The zero-order valence-corrected chi connectivity index (χ0v) is 9.67. The monoisotopic (exact) mass is 281 g/mol. The molecule has 1 N–H and O–H groups in total. The Labute approximate surface area is 102 Å². The second-order valence-electron chi connectivity index (χ2n) is 3.06. The zero-order chi connectivity index (χ0) is 13.3. The predicted molar refractivity (Wildman–Crippen MR) is 52.9 cm³/mol. The molecule has 0 spiro atoms. The number of nitrogens with zero attached hydrogens (tertiary/aromatic N) is 4. The summed E-state index contributed by atoms with van der Waals surface area (Å²) in [6, 6.07) is 0. The minimum absolute atomic E-state index is 0.00370. The summed E-state index contributed by atoms with van der Waals surface area (Å²) >= 11 is 0.895. The van der Waals surface area contributed by atoms with Gasteiger partial charge in [0.15, 0.2) is 0 Å². The van der Waals surface area contributed by atoms with Crippen molar-refractivity contribution in [2.75, 3.05) is 7.11 Å². The summed E-state index contributed by atoms with van der Waals surface area (Å²) in [5.41, 5.74) is 0. The predicted octanol–water partition coefficient (Wildman–Crippen LogP) is 1.06. The second kappa shape index (κ2) is 4.40. The van der Waals surface area contributed by atoms with Gasteiger partial charge in [0.05, 0.1) is 13.7 Å². The molecule has 1 amide bonds. The molecule has 2 rings (SSSR count). The molecule has 0 bridgehead atoms. The van der Waals surface area contributed by atoms with E-state index in [0.29, 0.717) is 4.52 Å². The number of amides is 1. The van der Waals surface area contributed by atoms with Crippen LogP contribution in [0.5, 0.6) is 0 Å². The lowest BCUT2D eigenvalue weighted by molar-refractivity contribution is -0.146. The Morgan fingerprint density at radius 1 is 1.50 bits per heavy atom. The summed E-state index contributed by atoms with van der Waals surface area (Å²) in [5.74, 6) is -1.20. The van der Waals surface area contributed by atoms with Crippen LogP contribution in [0.4, 0.5) is 18.0 Å². The fraction of sp³-hybridized carbons (Fsp3) is 0.429. The fourth-order valence-electron chi connectivity index (χ4n) is 1.12. The van der Waals surface area contributed by atoms with Gasteiger partial charge in [-0.25, -0.2) is 4.79 Å². The molecule has 0 radical (unpaired) electrons. The highest BCUT2D eigenvalue weighted by atomic mass is 32.1. The maximum Gasteiger partial charge on any atom is 0.453 e. The third kappa shape index (κ3) is 2.34. The van der Waals surface area contributed by atoms with Gasteiger partial charge >= 0.3 is 12.3 Å². The molecule has 2 aromatic rings. The van der Waals surface area contributed by atoms with Gasteiger partial charge in [-0.05, 0) is 0 Å². The molecule has 0 aromatic carbocycles. The lowest BCUT2D eigenvalue weighted by Crippen LogP contribution is -2.22. The molecule has 2 aromatic heterocycles. The van der Waals surface area contributed by atoms with Crippen molar-refractivity contribution in [1.29, 1.82) is 0 Å². The highest BCUT2D eigenvalue weighted by Gasteiger charge is 2.38. The molecule has 0 saturated carbocycles. The molecule has 18 heavy (non-hydrogen) atoms. The topological polar surface area (TPSA) is 81.4 Å². The molecule has 0 aliphatic rings. The Morgan fingerprint density at radius 2 is 2.22 bits per heavy atom. The van der Waals surface area contributed by atoms with Gasteiger partial charge in [0, 0.05) is 0 Å². The number of halogens is 3. The van der Waals surface area contributed by atoms with Crippen molar-refractivity contribution in [2.24, 2.45) is 0 Å². The van der Waals surface area contributed by atoms with Crippen LogP contribution in [0.1, 0.15) is 10.8 Å². The molecule has 0 unspecified atom stereocenters. The number of fused-ring (bicyclic) bond motifs is 1. The van der Waals surface area contributed by atoms with Crippen molar-refractivity contribution in [3.05, 3.63) is 10.8 Å². The van der Waals surface area contributed by atoms with E-state index < -0.39 is 18.1 Å². The van der Waals surface area contributed by atoms with E-state index in [0.717, 1.165) is 11.3 Å². The molecule has 2 heterocycles. The molecular weight excluding hydrogens is 275 g/mol. The standard InChI is InChI=1S/C7H6F3N5O2S/c1-17-6(16)11-2-3-14-15-4(7(8,9)10)12-13-5(15)18-3/h2H2,1H3,(H,11,16). The fourth-order valence-corrected chi connectivity index (χ4v) is 1.90. The normalized spacial score (nSPS) is 11.8. The average molecular weight is 281 g/mol. The summed E-state index contributed by atoms with van der Waals surface area (Å²) in [6.07, 6.45) is -5.32. The van der Waals surface area contributed by atoms with Crippen LogP contribution in [-0.2, 0) is 17.5 Å². The molecule has 0 aliphatic carbocycles. The first kappa shape index (κ1) is 12.5. The Hall–Kier alpha value is -1.91. The van der Waals surface area contributed by atoms with E-state index in [2.05, 4.69) is 25.3 Å². The van der Waals surface area contributed by atoms with E-state index in [1.807, 2.05) is 0 Å². The highest BCUT2D eigenvalue weighted by Crippen LogP contribution is 2.28. The maximum absolute atomic E-state index is 12.5. The molecule has 7 nitrogen and oxygen atoms in total. The zero-order valence-electron chi connectivity index (χ0n) is 8.85. The molecule has 0 atom stereocenters. The number of alkyl carbamates (subject to hydrolysis) is 1. The maximum atomic E-state index is 12.5. The third-order valence-electron chi connectivity index (χ3n) is 1.86. The van der Waals surface area contributed by atoms with Crippen LogP contribution < -0.4 is 5.32 Å². The number of rotatable bonds is 2. The van der Waals surface area contributed by atoms with Gasteiger partial charge in [0.2, 0.25) is 4.96 Å². The number of carbonyl (C=O) groups is 1. The molecular formula is C7H6F3N5O2S. The van der Waals surface area contributed by atoms with Crippen molar-refractivity contribution in [2.45, 2.75) is 12.7 Å². The minimum atomic E-state index is -4.62. The van der Waals surface area contributed by atoms with E-state index in [4.69, 9.17) is 0 Å². The molecule has 0 aliphatic heterocycles. The SMILES string of the molecule is COC(=O)NCc1nn2c(C(F)(F)F)nnc2s1. The van der Waals surface area contributed by atoms with E-state index in [9.17, 15) is 18.0 Å². The number of aromatic nitrogens is 4. The quantitative estimate of drug-likeness (QED) is 0.890. The summed E-state index contributed by atoms with van der Waals surface area (Å²) in [7, 11) is 1.18. The summed E-state index contributed by atoms with van der Waals surface area (Å²) in [4.78, 5) is 10.8.